The van der Waals surface area contributed by atoms with Crippen LogP contribution in [0.1, 0.15) is 27.0 Å². The second kappa shape index (κ2) is 10.9. The lowest BCUT2D eigenvalue weighted by molar-refractivity contribution is -0.147. The third-order valence-corrected chi connectivity index (χ3v) is 6.75. The van der Waals surface area contributed by atoms with Crippen LogP contribution in [0, 0.1) is 6.92 Å². The number of aryl methyl sites for hydroxylation is 1. The molecule has 0 bridgehead atoms. The summed E-state index contributed by atoms with van der Waals surface area (Å²) in [6.45, 7) is 2.08. The molecule has 38 heavy (non-hydrogen) atoms. The number of para-hydroxylation sites is 1. The minimum absolute atomic E-state index is 0.0482. The van der Waals surface area contributed by atoms with Crippen molar-refractivity contribution in [2.75, 3.05) is 0 Å². The van der Waals surface area contributed by atoms with E-state index in [0.717, 1.165) is 27.3 Å². The molecule has 0 aliphatic rings. The van der Waals surface area contributed by atoms with Crippen LogP contribution in [0.3, 0.4) is 0 Å². The van der Waals surface area contributed by atoms with E-state index in [4.69, 9.17) is 16.3 Å². The Kier molecular flexibility index (Phi) is 7.24. The van der Waals surface area contributed by atoms with E-state index in [0.29, 0.717) is 21.7 Å². The van der Waals surface area contributed by atoms with Crippen LogP contribution in [-0.2, 0) is 22.6 Å². The fourth-order valence-electron chi connectivity index (χ4n) is 4.52. The van der Waals surface area contributed by atoms with Gasteiger partial charge in [0.2, 0.25) is 5.56 Å². The third-order valence-electron chi connectivity index (χ3n) is 6.50. The van der Waals surface area contributed by atoms with Crippen LogP contribution in [0.2, 0.25) is 5.02 Å². The highest BCUT2D eigenvalue weighted by Crippen LogP contribution is 2.21. The number of nitrogens with one attached hydrogen (secondary N) is 2. The largest absolute Gasteiger partial charge is 0.459 e. The molecule has 4 aromatic carbocycles. The van der Waals surface area contributed by atoms with Crippen molar-refractivity contribution in [3.05, 3.63) is 129 Å². The first-order chi connectivity index (χ1) is 18.4. The maximum absolute atomic E-state index is 13.3. The number of carbonyl (C=O) groups is 2. The number of pyridine rings is 1. The third kappa shape index (κ3) is 5.61. The van der Waals surface area contributed by atoms with Crippen molar-refractivity contribution in [1.82, 2.24) is 10.3 Å². The maximum atomic E-state index is 13.3. The van der Waals surface area contributed by atoms with Gasteiger partial charge in [0.05, 0.1) is 0 Å². The topological polar surface area (TPSA) is 88.3 Å². The zero-order valence-corrected chi connectivity index (χ0v) is 21.4. The van der Waals surface area contributed by atoms with Gasteiger partial charge in [-0.3, -0.25) is 9.59 Å². The summed E-state index contributed by atoms with van der Waals surface area (Å²) in [7, 11) is 0. The Bertz CT molecular complexity index is 1710. The summed E-state index contributed by atoms with van der Waals surface area (Å²) in [4.78, 5) is 41.5. The minimum Gasteiger partial charge on any atom is -0.459 e. The van der Waals surface area contributed by atoms with E-state index in [1.165, 1.54) is 6.07 Å². The van der Waals surface area contributed by atoms with Crippen molar-refractivity contribution in [3.63, 3.8) is 0 Å². The first-order valence-corrected chi connectivity index (χ1v) is 12.6. The van der Waals surface area contributed by atoms with Crippen LogP contribution in [0.4, 0.5) is 0 Å². The van der Waals surface area contributed by atoms with Crippen LogP contribution in [0.25, 0.3) is 21.7 Å². The van der Waals surface area contributed by atoms with Crippen LogP contribution >= 0.6 is 11.6 Å². The molecule has 0 aliphatic heterocycles. The molecule has 1 heterocycles. The predicted molar refractivity (Wildman–Crippen MR) is 149 cm³/mol. The van der Waals surface area contributed by atoms with Gasteiger partial charge in [0.15, 0.2) is 0 Å². The highest BCUT2D eigenvalue weighted by Gasteiger charge is 2.25. The Hall–Kier alpha value is -4.42. The molecule has 0 radical (unpaired) electrons. The second-order valence-electron chi connectivity index (χ2n) is 9.18. The summed E-state index contributed by atoms with van der Waals surface area (Å²) < 4.78 is 5.69. The summed E-state index contributed by atoms with van der Waals surface area (Å²) in [5.74, 6) is -1.04. The van der Waals surface area contributed by atoms with E-state index in [1.807, 2.05) is 61.5 Å². The summed E-state index contributed by atoms with van der Waals surface area (Å²) >= 11 is 5.96. The Morgan fingerprint density at radius 2 is 1.71 bits per heavy atom. The Balaban J connectivity index is 1.41. The monoisotopic (exact) mass is 524 g/mol. The predicted octanol–water partition coefficient (Wildman–Crippen LogP) is 5.73. The highest BCUT2D eigenvalue weighted by molar-refractivity contribution is 6.30. The van der Waals surface area contributed by atoms with E-state index in [1.54, 1.807) is 30.3 Å². The van der Waals surface area contributed by atoms with Crippen molar-refractivity contribution >= 4 is 45.2 Å². The summed E-state index contributed by atoms with van der Waals surface area (Å²) in [6.07, 6.45) is 0.0828. The van der Waals surface area contributed by atoms with Gasteiger partial charge in [-0.15, -0.1) is 0 Å². The van der Waals surface area contributed by atoms with E-state index in [2.05, 4.69) is 10.3 Å². The summed E-state index contributed by atoms with van der Waals surface area (Å²) in [6, 6.07) is 26.1. The van der Waals surface area contributed by atoms with E-state index >= 15 is 0 Å². The summed E-state index contributed by atoms with van der Waals surface area (Å²) in [5, 5.41) is 6.27. The fourth-order valence-corrected chi connectivity index (χ4v) is 4.65. The number of aromatic amines is 1. The molecule has 1 aromatic heterocycles. The number of esters is 1. The highest BCUT2D eigenvalue weighted by atomic mass is 35.5. The molecule has 0 saturated heterocycles. The number of amides is 1. The van der Waals surface area contributed by atoms with Gasteiger partial charge in [0, 0.05) is 34.0 Å². The first-order valence-electron chi connectivity index (χ1n) is 12.2. The zero-order chi connectivity index (χ0) is 26.6. The number of benzene rings is 4. The molecule has 0 saturated carbocycles. The van der Waals surface area contributed by atoms with Crippen molar-refractivity contribution in [2.45, 2.75) is 26.0 Å². The molecule has 6 nitrogen and oxygen atoms in total. The number of hydrogen-bond acceptors (Lipinski definition) is 4. The number of fused-ring (bicyclic) bond motifs is 2. The second-order valence-corrected chi connectivity index (χ2v) is 9.62. The SMILES string of the molecule is Cc1cccc2ccc(COC(=O)C(Cc3cc(=O)[nH]c4ccccc34)NC(=O)c3ccc(Cl)cc3)cc12. The molecule has 5 aromatic rings. The molecule has 190 valence electrons. The molecule has 1 unspecified atom stereocenters. The molecule has 0 fully saturated rings. The van der Waals surface area contributed by atoms with Gasteiger partial charge in [-0.25, -0.2) is 4.79 Å². The van der Waals surface area contributed by atoms with Gasteiger partial charge in [-0.05, 0) is 70.8 Å². The number of rotatable bonds is 7. The molecule has 1 amide bonds. The maximum Gasteiger partial charge on any atom is 0.329 e. The van der Waals surface area contributed by atoms with Gasteiger partial charge < -0.3 is 15.0 Å². The smallest absolute Gasteiger partial charge is 0.329 e. The first kappa shape index (κ1) is 25.2. The lowest BCUT2D eigenvalue weighted by Gasteiger charge is -2.19. The number of carbonyl (C=O) groups excluding carboxylic acids is 2. The van der Waals surface area contributed by atoms with Crippen molar-refractivity contribution < 1.29 is 14.3 Å². The van der Waals surface area contributed by atoms with Crippen molar-refractivity contribution in [1.29, 1.82) is 0 Å². The molecule has 0 spiro atoms. The quantitative estimate of drug-likeness (QED) is 0.266. The van der Waals surface area contributed by atoms with Gasteiger partial charge >= 0.3 is 5.97 Å². The molecule has 5 rings (SSSR count). The van der Waals surface area contributed by atoms with E-state index in [-0.39, 0.29) is 18.6 Å². The molecule has 1 atom stereocenters. The number of halogens is 1. The fraction of sp³-hybridized carbons (Fsp3) is 0.129. The Morgan fingerprint density at radius 1 is 0.921 bits per heavy atom. The molecule has 7 heteroatoms. The number of ether oxygens (including phenoxy) is 1. The van der Waals surface area contributed by atoms with Crippen LogP contribution < -0.4 is 10.9 Å². The molecular weight excluding hydrogens is 500 g/mol. The molecule has 2 N–H and O–H groups in total. The number of H-pyrrole nitrogens is 1. The molecular formula is C31H25ClN2O4. The van der Waals surface area contributed by atoms with E-state index in [9.17, 15) is 14.4 Å². The van der Waals surface area contributed by atoms with Gasteiger partial charge in [-0.2, -0.15) is 0 Å². The van der Waals surface area contributed by atoms with Crippen molar-refractivity contribution in [3.8, 4) is 0 Å². The number of hydrogen-bond donors (Lipinski definition) is 2. The van der Waals surface area contributed by atoms with Gasteiger partial charge in [0.25, 0.3) is 5.91 Å². The Morgan fingerprint density at radius 3 is 2.53 bits per heavy atom. The standard InChI is InChI=1S/C31H25ClN2O4/c1-19-5-4-6-21-10-9-20(15-26(19)21)18-38-31(37)28(34-30(36)22-11-13-24(32)14-12-22)16-23-17-29(35)33-27-8-3-2-7-25(23)27/h2-15,17,28H,16,18H2,1H3,(H,33,35)(H,34,36). The normalized spacial score (nSPS) is 11.8. The van der Waals surface area contributed by atoms with E-state index < -0.39 is 17.9 Å². The summed E-state index contributed by atoms with van der Waals surface area (Å²) in [5.41, 5.74) is 3.31. The van der Waals surface area contributed by atoms with Crippen LogP contribution in [-0.4, -0.2) is 22.9 Å². The number of aromatic nitrogens is 1. The molecule has 0 aliphatic carbocycles. The lowest BCUT2D eigenvalue weighted by Crippen LogP contribution is -2.43. The Labute approximate surface area is 224 Å². The van der Waals surface area contributed by atoms with Gasteiger partial charge in [-0.1, -0.05) is 60.1 Å². The lowest BCUT2D eigenvalue weighted by atomic mass is 10.0. The van der Waals surface area contributed by atoms with Crippen LogP contribution in [0.5, 0.6) is 0 Å². The average Bonchev–Trinajstić information content (AvgIpc) is 2.92. The average molecular weight is 525 g/mol. The van der Waals surface area contributed by atoms with Crippen LogP contribution in [0.15, 0.2) is 95.8 Å². The minimum atomic E-state index is -1.02. The van der Waals surface area contributed by atoms with Gasteiger partial charge in [0.1, 0.15) is 12.6 Å². The zero-order valence-electron chi connectivity index (χ0n) is 20.7. The van der Waals surface area contributed by atoms with Crippen molar-refractivity contribution in [2.24, 2.45) is 0 Å².